The molecule has 2 rings (SSSR count). The van der Waals surface area contributed by atoms with Crippen LogP contribution < -0.4 is 0 Å². The van der Waals surface area contributed by atoms with Crippen molar-refractivity contribution in [3.63, 3.8) is 0 Å². The van der Waals surface area contributed by atoms with E-state index in [-0.39, 0.29) is 5.41 Å². The number of ketones is 1. The molecule has 1 aliphatic heterocycles. The molecular weight excluding hydrogens is 150 g/mol. The molecule has 0 aromatic rings. The maximum Gasteiger partial charge on any atom is 0.140 e. The number of hydrogen-bond donors (Lipinski definition) is 0. The van der Waals surface area contributed by atoms with Crippen molar-refractivity contribution in [1.29, 1.82) is 0 Å². The van der Waals surface area contributed by atoms with Crippen molar-refractivity contribution in [2.75, 3.05) is 20.1 Å². The minimum absolute atomic E-state index is 0.0903. The van der Waals surface area contributed by atoms with Gasteiger partial charge < -0.3 is 4.90 Å². The van der Waals surface area contributed by atoms with Gasteiger partial charge in [0.1, 0.15) is 5.78 Å². The summed E-state index contributed by atoms with van der Waals surface area (Å²) in [5.41, 5.74) is 0.0903. The standard InChI is InChI=1S/C10H17NO/c1-11-7-6-10(8-11)5-3-2-4-9(10)12/h2-8H2,1H3/t10-/m1/s1. The molecule has 2 aliphatic rings. The van der Waals surface area contributed by atoms with E-state index in [4.69, 9.17) is 0 Å². The predicted molar refractivity (Wildman–Crippen MR) is 48.0 cm³/mol. The molecule has 0 radical (unpaired) electrons. The second-order valence-corrected chi connectivity index (χ2v) is 4.40. The Morgan fingerprint density at radius 2 is 2.17 bits per heavy atom. The fourth-order valence-electron chi connectivity index (χ4n) is 2.66. The third-order valence-electron chi connectivity index (χ3n) is 3.45. The quantitative estimate of drug-likeness (QED) is 0.544. The highest BCUT2D eigenvalue weighted by Gasteiger charge is 2.43. The lowest BCUT2D eigenvalue weighted by molar-refractivity contribution is -0.130. The zero-order chi connectivity index (χ0) is 8.60. The first-order chi connectivity index (χ1) is 5.73. The second kappa shape index (κ2) is 2.84. The summed E-state index contributed by atoms with van der Waals surface area (Å²) in [4.78, 5) is 14.0. The molecule has 2 fully saturated rings. The summed E-state index contributed by atoms with van der Waals surface area (Å²) in [5, 5.41) is 0. The number of nitrogens with zero attached hydrogens (tertiary/aromatic N) is 1. The SMILES string of the molecule is CN1CC[C@]2(CCCCC2=O)C1. The number of carbonyl (C=O) groups excluding carboxylic acids is 1. The van der Waals surface area contributed by atoms with E-state index in [0.717, 1.165) is 38.8 Å². The van der Waals surface area contributed by atoms with Crippen molar-refractivity contribution < 1.29 is 4.79 Å². The van der Waals surface area contributed by atoms with Crippen LogP contribution in [0.1, 0.15) is 32.1 Å². The van der Waals surface area contributed by atoms with Gasteiger partial charge in [-0.05, 0) is 32.9 Å². The average Bonchev–Trinajstić information content (AvgIpc) is 2.41. The van der Waals surface area contributed by atoms with E-state index >= 15 is 0 Å². The Bertz CT molecular complexity index is 198. The van der Waals surface area contributed by atoms with Crippen LogP contribution in [-0.4, -0.2) is 30.8 Å². The summed E-state index contributed by atoms with van der Waals surface area (Å²) < 4.78 is 0. The Morgan fingerprint density at radius 3 is 2.75 bits per heavy atom. The first kappa shape index (κ1) is 8.24. The Kier molecular flexibility index (Phi) is 1.95. The van der Waals surface area contributed by atoms with Gasteiger partial charge >= 0.3 is 0 Å². The Balaban J connectivity index is 2.13. The summed E-state index contributed by atoms with van der Waals surface area (Å²) >= 11 is 0. The van der Waals surface area contributed by atoms with Crippen LogP contribution in [0.15, 0.2) is 0 Å². The van der Waals surface area contributed by atoms with Gasteiger partial charge in [-0.3, -0.25) is 4.79 Å². The molecule has 0 aromatic carbocycles. The Hall–Kier alpha value is -0.370. The third kappa shape index (κ3) is 1.18. The first-order valence-electron chi connectivity index (χ1n) is 4.95. The fourth-order valence-corrected chi connectivity index (χ4v) is 2.66. The number of hydrogen-bond acceptors (Lipinski definition) is 2. The summed E-state index contributed by atoms with van der Waals surface area (Å²) in [7, 11) is 2.12. The van der Waals surface area contributed by atoms with Crippen molar-refractivity contribution in [2.24, 2.45) is 5.41 Å². The summed E-state index contributed by atoms with van der Waals surface area (Å²) in [6.45, 7) is 2.14. The summed E-state index contributed by atoms with van der Waals surface area (Å²) in [5.74, 6) is 0.540. The monoisotopic (exact) mass is 167 g/mol. The predicted octanol–water partition coefficient (Wildman–Crippen LogP) is 1.45. The molecule has 0 bridgehead atoms. The molecule has 0 amide bonds. The normalized spacial score (nSPS) is 37.9. The van der Waals surface area contributed by atoms with Crippen molar-refractivity contribution in [3.8, 4) is 0 Å². The lowest BCUT2D eigenvalue weighted by Gasteiger charge is -2.31. The van der Waals surface area contributed by atoms with E-state index in [1.807, 2.05) is 0 Å². The van der Waals surface area contributed by atoms with E-state index in [1.54, 1.807) is 0 Å². The Labute approximate surface area is 73.9 Å². The van der Waals surface area contributed by atoms with Crippen LogP contribution in [0.25, 0.3) is 0 Å². The van der Waals surface area contributed by atoms with Gasteiger partial charge in [0.15, 0.2) is 0 Å². The zero-order valence-corrected chi connectivity index (χ0v) is 7.81. The number of carbonyl (C=O) groups is 1. The highest BCUT2D eigenvalue weighted by Crippen LogP contribution is 2.40. The van der Waals surface area contributed by atoms with E-state index in [9.17, 15) is 4.79 Å². The fraction of sp³-hybridized carbons (Fsp3) is 0.900. The van der Waals surface area contributed by atoms with Gasteiger partial charge in [0.25, 0.3) is 0 Å². The Morgan fingerprint density at radius 1 is 1.33 bits per heavy atom. The van der Waals surface area contributed by atoms with Gasteiger partial charge in [0.2, 0.25) is 0 Å². The van der Waals surface area contributed by atoms with E-state index in [1.165, 1.54) is 6.42 Å². The zero-order valence-electron chi connectivity index (χ0n) is 7.81. The van der Waals surface area contributed by atoms with Gasteiger partial charge in [-0.1, -0.05) is 6.42 Å². The highest BCUT2D eigenvalue weighted by atomic mass is 16.1. The molecule has 12 heavy (non-hydrogen) atoms. The minimum Gasteiger partial charge on any atom is -0.305 e. The highest BCUT2D eigenvalue weighted by molar-refractivity contribution is 5.86. The largest absolute Gasteiger partial charge is 0.305 e. The second-order valence-electron chi connectivity index (χ2n) is 4.40. The smallest absolute Gasteiger partial charge is 0.140 e. The van der Waals surface area contributed by atoms with E-state index in [0.29, 0.717) is 5.78 Å². The average molecular weight is 167 g/mol. The molecule has 0 unspecified atom stereocenters. The molecule has 1 saturated heterocycles. The summed E-state index contributed by atoms with van der Waals surface area (Å²) in [6.07, 6.45) is 5.50. The molecular formula is C10H17NO. The van der Waals surface area contributed by atoms with Crippen LogP contribution in [0.2, 0.25) is 0 Å². The topological polar surface area (TPSA) is 20.3 Å². The molecule has 1 spiro atoms. The molecule has 68 valence electrons. The number of rotatable bonds is 0. The number of Topliss-reactive ketones (excluding diaryl/α,β-unsaturated/α-hetero) is 1. The third-order valence-corrected chi connectivity index (χ3v) is 3.45. The van der Waals surface area contributed by atoms with Gasteiger partial charge in [-0.15, -0.1) is 0 Å². The van der Waals surface area contributed by atoms with Crippen LogP contribution in [0, 0.1) is 5.41 Å². The van der Waals surface area contributed by atoms with Gasteiger partial charge in [-0.25, -0.2) is 0 Å². The van der Waals surface area contributed by atoms with E-state index in [2.05, 4.69) is 11.9 Å². The molecule has 1 atom stereocenters. The maximum absolute atomic E-state index is 11.7. The molecule has 1 saturated carbocycles. The lowest BCUT2D eigenvalue weighted by Crippen LogP contribution is -2.36. The van der Waals surface area contributed by atoms with Crippen molar-refractivity contribution in [1.82, 2.24) is 4.90 Å². The molecule has 0 N–H and O–H groups in total. The van der Waals surface area contributed by atoms with Crippen molar-refractivity contribution in [3.05, 3.63) is 0 Å². The molecule has 2 nitrogen and oxygen atoms in total. The molecule has 0 aromatic heterocycles. The minimum atomic E-state index is 0.0903. The van der Waals surface area contributed by atoms with Crippen LogP contribution in [0.4, 0.5) is 0 Å². The number of likely N-dealkylation sites (tertiary alicyclic amines) is 1. The van der Waals surface area contributed by atoms with E-state index < -0.39 is 0 Å². The molecule has 1 heterocycles. The molecule has 2 heteroatoms. The van der Waals surface area contributed by atoms with Gasteiger partial charge in [0, 0.05) is 18.4 Å². The van der Waals surface area contributed by atoms with Gasteiger partial charge in [-0.2, -0.15) is 0 Å². The lowest BCUT2D eigenvalue weighted by atomic mass is 9.72. The van der Waals surface area contributed by atoms with Crippen molar-refractivity contribution >= 4 is 5.78 Å². The van der Waals surface area contributed by atoms with Crippen LogP contribution in [-0.2, 0) is 4.79 Å². The van der Waals surface area contributed by atoms with Crippen LogP contribution in [0.3, 0.4) is 0 Å². The maximum atomic E-state index is 11.7. The van der Waals surface area contributed by atoms with Crippen LogP contribution in [0.5, 0.6) is 0 Å². The van der Waals surface area contributed by atoms with Crippen LogP contribution >= 0.6 is 0 Å². The molecule has 1 aliphatic carbocycles. The van der Waals surface area contributed by atoms with Gasteiger partial charge in [0.05, 0.1) is 0 Å². The summed E-state index contributed by atoms with van der Waals surface area (Å²) in [6, 6.07) is 0. The van der Waals surface area contributed by atoms with Crippen molar-refractivity contribution in [2.45, 2.75) is 32.1 Å². The first-order valence-corrected chi connectivity index (χ1v) is 4.95.